The molecule has 1 fully saturated rings. The Kier molecular flexibility index (Phi) is 2.76. The van der Waals surface area contributed by atoms with E-state index in [0.717, 1.165) is 11.8 Å². The van der Waals surface area contributed by atoms with Crippen LogP contribution in [0.25, 0.3) is 0 Å². The van der Waals surface area contributed by atoms with Crippen LogP contribution in [0.2, 0.25) is 0 Å². The second-order valence-electron chi connectivity index (χ2n) is 3.88. The lowest BCUT2D eigenvalue weighted by Crippen LogP contribution is -2.13. The predicted molar refractivity (Wildman–Crippen MR) is 45.6 cm³/mol. The summed E-state index contributed by atoms with van der Waals surface area (Å²) in [5.41, 5.74) is 0. The summed E-state index contributed by atoms with van der Waals surface area (Å²) < 4.78 is 0. The lowest BCUT2D eigenvalue weighted by Gasteiger charge is -2.21. The molecule has 2 unspecified atom stereocenters. The lowest BCUT2D eigenvalue weighted by molar-refractivity contribution is 0.302. The van der Waals surface area contributed by atoms with Gasteiger partial charge in [0.1, 0.15) is 0 Å². The molecular weight excluding hydrogens is 120 g/mol. The van der Waals surface area contributed by atoms with Gasteiger partial charge in [0.2, 0.25) is 0 Å². The van der Waals surface area contributed by atoms with Crippen molar-refractivity contribution in [1.29, 1.82) is 0 Å². The summed E-state index contributed by atoms with van der Waals surface area (Å²) in [4.78, 5) is 0. The van der Waals surface area contributed by atoms with E-state index in [-0.39, 0.29) is 0 Å². The molecular formula is C10H19. The Hall–Kier alpha value is 0. The monoisotopic (exact) mass is 139 g/mol. The van der Waals surface area contributed by atoms with Crippen molar-refractivity contribution in [2.75, 3.05) is 0 Å². The van der Waals surface area contributed by atoms with Crippen LogP contribution < -0.4 is 0 Å². The van der Waals surface area contributed by atoms with E-state index in [9.17, 15) is 0 Å². The number of rotatable bonds is 2. The molecule has 1 radical (unpaired) electrons. The first-order chi connectivity index (χ1) is 4.72. The zero-order valence-electron chi connectivity index (χ0n) is 7.27. The summed E-state index contributed by atoms with van der Waals surface area (Å²) in [6, 6.07) is 0. The summed E-state index contributed by atoms with van der Waals surface area (Å²) in [5.74, 6) is 2.48. The molecule has 59 valence electrons. The summed E-state index contributed by atoms with van der Waals surface area (Å²) >= 11 is 0. The average molecular weight is 139 g/mol. The Labute approximate surface area is 65.0 Å². The Morgan fingerprint density at radius 2 is 1.70 bits per heavy atom. The highest BCUT2D eigenvalue weighted by molar-refractivity contribution is 4.76. The fourth-order valence-electron chi connectivity index (χ4n) is 1.95. The van der Waals surface area contributed by atoms with Gasteiger partial charge in [-0.3, -0.25) is 0 Å². The maximum atomic E-state index is 4.08. The molecule has 0 heterocycles. The Bertz CT molecular complexity index is 88.2. The first-order valence-electron chi connectivity index (χ1n) is 4.55. The van der Waals surface area contributed by atoms with Crippen molar-refractivity contribution in [2.45, 2.75) is 39.5 Å². The van der Waals surface area contributed by atoms with Crippen molar-refractivity contribution < 1.29 is 0 Å². The topological polar surface area (TPSA) is 0 Å². The van der Waals surface area contributed by atoms with Crippen LogP contribution >= 0.6 is 0 Å². The summed E-state index contributed by atoms with van der Waals surface area (Å²) in [6.07, 6.45) is 5.84. The standard InChI is InChI=1S/C10H19/c1-8(2)9(3)10-6-4-5-7-10/h8-10H,1,4-7H2,2-3H3. The molecule has 0 amide bonds. The van der Waals surface area contributed by atoms with E-state index in [2.05, 4.69) is 20.8 Å². The van der Waals surface area contributed by atoms with Gasteiger partial charge in [-0.2, -0.15) is 0 Å². The minimum absolute atomic E-state index is 0.642. The molecule has 2 atom stereocenters. The van der Waals surface area contributed by atoms with Gasteiger partial charge in [0.25, 0.3) is 0 Å². The maximum Gasteiger partial charge on any atom is -0.0386 e. The Morgan fingerprint density at radius 3 is 2.10 bits per heavy atom. The van der Waals surface area contributed by atoms with Crippen molar-refractivity contribution in [3.8, 4) is 0 Å². The van der Waals surface area contributed by atoms with Gasteiger partial charge in [-0.05, 0) is 17.8 Å². The maximum absolute atomic E-state index is 4.08. The van der Waals surface area contributed by atoms with Gasteiger partial charge in [-0.25, -0.2) is 0 Å². The van der Waals surface area contributed by atoms with Crippen LogP contribution in [0.4, 0.5) is 0 Å². The highest BCUT2D eigenvalue weighted by Crippen LogP contribution is 2.34. The van der Waals surface area contributed by atoms with Crippen molar-refractivity contribution >= 4 is 0 Å². The van der Waals surface area contributed by atoms with Crippen LogP contribution in [0.3, 0.4) is 0 Å². The van der Waals surface area contributed by atoms with Crippen LogP contribution in [0.15, 0.2) is 0 Å². The number of hydrogen-bond acceptors (Lipinski definition) is 0. The summed E-state index contributed by atoms with van der Waals surface area (Å²) in [5, 5.41) is 0. The minimum Gasteiger partial charge on any atom is -0.0622 e. The van der Waals surface area contributed by atoms with E-state index < -0.39 is 0 Å². The molecule has 1 saturated carbocycles. The SMILES string of the molecule is [CH2]C(C)C(C)C1CCCC1. The van der Waals surface area contributed by atoms with Crippen LogP contribution in [0.5, 0.6) is 0 Å². The smallest absolute Gasteiger partial charge is 0.0386 e. The third kappa shape index (κ3) is 1.74. The third-order valence-corrected chi connectivity index (χ3v) is 3.04. The molecule has 0 N–H and O–H groups in total. The third-order valence-electron chi connectivity index (χ3n) is 3.04. The molecule has 0 aromatic rings. The van der Waals surface area contributed by atoms with Gasteiger partial charge in [0.05, 0.1) is 0 Å². The van der Waals surface area contributed by atoms with E-state index in [1.165, 1.54) is 25.7 Å². The Balaban J connectivity index is 2.32. The normalized spacial score (nSPS) is 24.0. The number of hydrogen-bond donors (Lipinski definition) is 0. The van der Waals surface area contributed by atoms with Crippen molar-refractivity contribution in [1.82, 2.24) is 0 Å². The minimum atomic E-state index is 0.642. The highest BCUT2D eigenvalue weighted by Gasteiger charge is 2.23. The summed E-state index contributed by atoms with van der Waals surface area (Å²) in [6.45, 7) is 8.68. The molecule has 0 spiro atoms. The average Bonchev–Trinajstić information content (AvgIpc) is 2.36. The van der Waals surface area contributed by atoms with Gasteiger partial charge in [-0.1, -0.05) is 46.5 Å². The molecule has 0 aromatic heterocycles. The van der Waals surface area contributed by atoms with Crippen LogP contribution in [0.1, 0.15) is 39.5 Å². The van der Waals surface area contributed by atoms with Gasteiger partial charge in [0.15, 0.2) is 0 Å². The first-order valence-corrected chi connectivity index (χ1v) is 4.55. The largest absolute Gasteiger partial charge is 0.0622 e. The first kappa shape index (κ1) is 8.10. The predicted octanol–water partition coefficient (Wildman–Crippen LogP) is 3.28. The van der Waals surface area contributed by atoms with Crippen molar-refractivity contribution in [3.63, 3.8) is 0 Å². The van der Waals surface area contributed by atoms with Crippen molar-refractivity contribution in [2.24, 2.45) is 17.8 Å². The van der Waals surface area contributed by atoms with Crippen LogP contribution in [-0.2, 0) is 0 Å². The quantitative estimate of drug-likeness (QED) is 0.550. The van der Waals surface area contributed by atoms with Crippen LogP contribution in [0, 0.1) is 24.7 Å². The van der Waals surface area contributed by atoms with E-state index in [1.807, 2.05) is 0 Å². The van der Waals surface area contributed by atoms with Gasteiger partial charge < -0.3 is 0 Å². The fourth-order valence-corrected chi connectivity index (χ4v) is 1.95. The molecule has 1 aliphatic rings. The Morgan fingerprint density at radius 1 is 1.20 bits per heavy atom. The lowest BCUT2D eigenvalue weighted by atomic mass is 9.84. The molecule has 0 bridgehead atoms. The molecule has 0 nitrogen and oxygen atoms in total. The highest BCUT2D eigenvalue weighted by atomic mass is 14.3. The van der Waals surface area contributed by atoms with E-state index in [1.54, 1.807) is 0 Å². The second kappa shape index (κ2) is 3.41. The molecule has 1 rings (SSSR count). The molecule has 0 aliphatic heterocycles. The van der Waals surface area contributed by atoms with E-state index >= 15 is 0 Å². The second-order valence-corrected chi connectivity index (χ2v) is 3.88. The van der Waals surface area contributed by atoms with Crippen LogP contribution in [-0.4, -0.2) is 0 Å². The van der Waals surface area contributed by atoms with Gasteiger partial charge >= 0.3 is 0 Å². The van der Waals surface area contributed by atoms with Gasteiger partial charge in [0, 0.05) is 0 Å². The zero-order valence-corrected chi connectivity index (χ0v) is 7.27. The molecule has 0 aromatic carbocycles. The summed E-state index contributed by atoms with van der Waals surface area (Å²) in [7, 11) is 0. The zero-order chi connectivity index (χ0) is 7.56. The molecule has 10 heavy (non-hydrogen) atoms. The fraction of sp³-hybridized carbons (Fsp3) is 0.900. The molecule has 0 heteroatoms. The van der Waals surface area contributed by atoms with Gasteiger partial charge in [-0.15, -0.1) is 0 Å². The van der Waals surface area contributed by atoms with Crippen molar-refractivity contribution in [3.05, 3.63) is 6.92 Å². The molecule has 1 aliphatic carbocycles. The van der Waals surface area contributed by atoms with E-state index in [0.29, 0.717) is 5.92 Å². The van der Waals surface area contributed by atoms with E-state index in [4.69, 9.17) is 0 Å². The molecule has 0 saturated heterocycles.